The van der Waals surface area contributed by atoms with Gasteiger partial charge in [0.1, 0.15) is 36.5 Å². The zero-order chi connectivity index (χ0) is 67.1. The molecule has 0 aromatic rings. The van der Waals surface area contributed by atoms with Crippen molar-refractivity contribution < 1.29 is 97.5 Å². The van der Waals surface area contributed by atoms with Crippen molar-refractivity contribution in [3.8, 4) is 0 Å². The standard InChI is InChI=1S/C68H129N2O20P/c1-5-9-13-17-21-25-29-33-37-41-51(72)45-57(76)69-61-65(88-59(78)47-53(74)43-39-35-31-27-23-19-15-11-7-3)63(80)56(86-67(61)81)50-85-68-62(70-58(77)46-52(73)42-38-34-30-26-22-18-14-10-6-2)66(64(55(49-71)87-68)90-91(82,83)84)89-60(79)48-54(75)44-40-36-32-28-24-20-16-12-8-4/h51-56,61-68,71-75,80-81H,5-50H2,1-4H3,(H,69,76)(H,70,77)(H2,82,83,84)/p-2/t51-,52-,53-,54-,55-,56-,61-,62-,63-,64?,65-,66-,67+,68-/m1/s1. The van der Waals surface area contributed by atoms with Crippen molar-refractivity contribution in [2.75, 3.05) is 13.2 Å². The van der Waals surface area contributed by atoms with Crippen molar-refractivity contribution >= 4 is 31.6 Å². The molecule has 0 radical (unpaired) electrons. The summed E-state index contributed by atoms with van der Waals surface area (Å²) >= 11 is 0. The second kappa shape index (κ2) is 52.7. The van der Waals surface area contributed by atoms with Gasteiger partial charge in [-0.15, -0.1) is 0 Å². The lowest BCUT2D eigenvalue weighted by atomic mass is 9.95. The van der Waals surface area contributed by atoms with Gasteiger partial charge in [0.15, 0.2) is 24.8 Å². The normalized spacial score (nSPS) is 23.3. The minimum absolute atomic E-state index is 0.217. The number of ether oxygens (including phenoxy) is 5. The maximum absolute atomic E-state index is 14.0. The summed E-state index contributed by atoms with van der Waals surface area (Å²) in [5, 5.41) is 83.3. The highest BCUT2D eigenvalue weighted by atomic mass is 31.2. The second-order valence-corrected chi connectivity index (χ2v) is 27.2. The Morgan fingerprint density at radius 3 is 1.10 bits per heavy atom. The molecule has 23 heteroatoms. The number of carbonyl (C=O) groups is 4. The molecule has 2 rings (SSSR count). The van der Waals surface area contributed by atoms with E-state index in [9.17, 15) is 69.3 Å². The fourth-order valence-electron chi connectivity index (χ4n) is 12.2. The van der Waals surface area contributed by atoms with Crippen LogP contribution in [0.25, 0.3) is 0 Å². The van der Waals surface area contributed by atoms with E-state index in [1.165, 1.54) is 70.6 Å². The molecule has 2 aliphatic rings. The van der Waals surface area contributed by atoms with Gasteiger partial charge in [-0.25, -0.2) is 0 Å². The highest BCUT2D eigenvalue weighted by molar-refractivity contribution is 7.43. The molecule has 2 heterocycles. The lowest BCUT2D eigenvalue weighted by molar-refractivity contribution is -0.357. The van der Waals surface area contributed by atoms with Gasteiger partial charge < -0.3 is 88.9 Å². The van der Waals surface area contributed by atoms with Gasteiger partial charge in [0.25, 0.3) is 0 Å². The average Bonchev–Trinajstić information content (AvgIpc) is 1.75. The predicted octanol–water partition coefficient (Wildman–Crippen LogP) is 9.49. The number of amides is 2. The number of phosphoric acid groups is 1. The van der Waals surface area contributed by atoms with Crippen molar-refractivity contribution in [2.24, 2.45) is 0 Å². The summed E-state index contributed by atoms with van der Waals surface area (Å²) in [5.41, 5.74) is 0. The van der Waals surface area contributed by atoms with Crippen LogP contribution in [-0.4, -0.2) is 158 Å². The van der Waals surface area contributed by atoms with Crippen LogP contribution < -0.4 is 20.4 Å². The molecule has 0 aromatic carbocycles. The summed E-state index contributed by atoms with van der Waals surface area (Å²) in [4.78, 5) is 79.7. The van der Waals surface area contributed by atoms with E-state index in [0.29, 0.717) is 32.1 Å². The van der Waals surface area contributed by atoms with Gasteiger partial charge in [-0.2, -0.15) is 0 Å². The molecule has 0 bridgehead atoms. The summed E-state index contributed by atoms with van der Waals surface area (Å²) in [6.07, 6.45) is 16.6. The summed E-state index contributed by atoms with van der Waals surface area (Å²) in [5.74, 6) is -3.69. The molecule has 2 saturated heterocycles. The summed E-state index contributed by atoms with van der Waals surface area (Å²) in [7, 11) is -6.00. The van der Waals surface area contributed by atoms with Gasteiger partial charge in [-0.05, 0) is 25.7 Å². The smallest absolute Gasteiger partial charge is 0.308 e. The molecule has 2 aliphatic heterocycles. The number of phosphoric ester groups is 1. The fourth-order valence-corrected chi connectivity index (χ4v) is 12.7. The SMILES string of the molecule is CCCCCCCCCCC[C@@H](O)CC(=O)N[C@@H]1[C@@H](OC(=O)C[C@H](O)CCCCCCCCCCC)[C@H](O)[C@@H](CO[C@@H]2O[C@H](CO)C(OP(=O)([O-])[O-])[C@H](OC(=O)C[C@H](O)CCCCCCCCCCC)[C@H]2NC(=O)C[C@H](O)CCCCCCCCCCC)O[C@@H]1O. The molecule has 14 atom stereocenters. The van der Waals surface area contributed by atoms with Gasteiger partial charge in [-0.3, -0.25) is 19.2 Å². The van der Waals surface area contributed by atoms with Crippen molar-refractivity contribution in [3.63, 3.8) is 0 Å². The van der Waals surface area contributed by atoms with Crippen LogP contribution in [0.2, 0.25) is 0 Å². The molecular formula is C68H127N2O20P-2. The summed E-state index contributed by atoms with van der Waals surface area (Å²) in [6.45, 7) is 6.77. The van der Waals surface area contributed by atoms with E-state index < -0.39 is 156 Å². The van der Waals surface area contributed by atoms with Gasteiger partial charge in [0.05, 0.1) is 71.1 Å². The van der Waals surface area contributed by atoms with Gasteiger partial charge in [0, 0.05) is 0 Å². The molecule has 536 valence electrons. The topological polar surface area (TPSA) is 353 Å². The number of carbonyl (C=O) groups excluding carboxylic acids is 4. The van der Waals surface area contributed by atoms with Gasteiger partial charge >= 0.3 is 11.9 Å². The second-order valence-electron chi connectivity index (χ2n) is 26.1. The van der Waals surface area contributed by atoms with E-state index in [-0.39, 0.29) is 19.3 Å². The Morgan fingerprint density at radius 2 is 0.758 bits per heavy atom. The van der Waals surface area contributed by atoms with E-state index in [1.54, 1.807) is 0 Å². The average molecular weight is 1320 g/mol. The van der Waals surface area contributed by atoms with E-state index in [0.717, 1.165) is 135 Å². The number of nitrogens with one attached hydrogen (secondary N) is 2. The Bertz CT molecular complexity index is 1890. The Hall–Kier alpha value is -2.41. The van der Waals surface area contributed by atoms with E-state index in [1.807, 2.05) is 0 Å². The molecule has 91 heavy (non-hydrogen) atoms. The maximum Gasteiger partial charge on any atom is 0.308 e. The number of aliphatic hydroxyl groups excluding tert-OH is 7. The van der Waals surface area contributed by atoms with Gasteiger partial charge in [-0.1, -0.05) is 259 Å². The fraction of sp³-hybridized carbons (Fsp3) is 0.941. The Morgan fingerprint density at radius 1 is 0.440 bits per heavy atom. The number of hydrogen-bond acceptors (Lipinski definition) is 20. The van der Waals surface area contributed by atoms with Crippen LogP contribution in [0.1, 0.15) is 310 Å². The first-order valence-electron chi connectivity index (χ1n) is 36.1. The summed E-state index contributed by atoms with van der Waals surface area (Å²) < 4.78 is 46.8. The molecule has 0 spiro atoms. The molecule has 0 aliphatic carbocycles. The third-order valence-electron chi connectivity index (χ3n) is 17.6. The van der Waals surface area contributed by atoms with Crippen molar-refractivity contribution in [3.05, 3.63) is 0 Å². The highest BCUT2D eigenvalue weighted by Gasteiger charge is 2.53. The number of aliphatic hydroxyl groups is 7. The largest absolute Gasteiger partial charge is 0.790 e. The summed E-state index contributed by atoms with van der Waals surface area (Å²) in [6, 6.07) is -3.42. The number of unbranched alkanes of at least 4 members (excludes halogenated alkanes) is 32. The number of rotatable bonds is 58. The van der Waals surface area contributed by atoms with Crippen molar-refractivity contribution in [2.45, 2.75) is 396 Å². The first-order valence-corrected chi connectivity index (χ1v) is 37.5. The molecule has 9 N–H and O–H groups in total. The van der Waals surface area contributed by atoms with E-state index in [2.05, 4.69) is 38.3 Å². The van der Waals surface area contributed by atoms with Crippen LogP contribution in [0.3, 0.4) is 0 Å². The predicted molar refractivity (Wildman–Crippen MR) is 345 cm³/mol. The van der Waals surface area contributed by atoms with Crippen LogP contribution >= 0.6 is 7.82 Å². The Balaban J connectivity index is 2.41. The van der Waals surface area contributed by atoms with Gasteiger partial charge in [0.2, 0.25) is 11.8 Å². The maximum atomic E-state index is 14.0. The minimum Gasteiger partial charge on any atom is -0.790 e. The Labute approximate surface area is 546 Å². The van der Waals surface area contributed by atoms with Crippen molar-refractivity contribution in [1.82, 2.24) is 10.6 Å². The lowest BCUT2D eigenvalue weighted by Gasteiger charge is -2.48. The van der Waals surface area contributed by atoms with Crippen LogP contribution in [-0.2, 0) is 52.0 Å². The van der Waals surface area contributed by atoms with Crippen molar-refractivity contribution in [1.29, 1.82) is 0 Å². The molecular weight excluding hydrogens is 1200 g/mol. The van der Waals surface area contributed by atoms with E-state index in [4.69, 9.17) is 28.2 Å². The number of esters is 2. The van der Waals surface area contributed by atoms with Crippen LogP contribution in [0.15, 0.2) is 0 Å². The zero-order valence-electron chi connectivity index (χ0n) is 56.5. The van der Waals surface area contributed by atoms with E-state index >= 15 is 0 Å². The van der Waals surface area contributed by atoms with Crippen LogP contribution in [0.5, 0.6) is 0 Å². The molecule has 22 nitrogen and oxygen atoms in total. The highest BCUT2D eigenvalue weighted by Crippen LogP contribution is 2.37. The molecule has 0 aromatic heterocycles. The third-order valence-corrected chi connectivity index (χ3v) is 18.1. The molecule has 0 saturated carbocycles. The first-order chi connectivity index (χ1) is 43.8. The minimum atomic E-state index is -6.00. The molecule has 2 fully saturated rings. The monoisotopic (exact) mass is 1320 g/mol. The Kier molecular flexibility index (Phi) is 49.1. The van der Waals surface area contributed by atoms with Crippen LogP contribution in [0, 0.1) is 0 Å². The third kappa shape index (κ3) is 40.7. The molecule has 1 unspecified atom stereocenters. The quantitative estimate of drug-likeness (QED) is 0.0155. The van der Waals surface area contributed by atoms with Crippen LogP contribution in [0.4, 0.5) is 0 Å². The zero-order valence-corrected chi connectivity index (χ0v) is 57.4. The first kappa shape index (κ1) is 84.7. The number of hydrogen-bond donors (Lipinski definition) is 9. The lowest BCUT2D eigenvalue weighted by Crippen LogP contribution is -2.68. The molecule has 2 amide bonds.